The fourth-order valence-corrected chi connectivity index (χ4v) is 2.64. The van der Waals surface area contributed by atoms with Gasteiger partial charge in [-0.1, -0.05) is 18.5 Å². The summed E-state index contributed by atoms with van der Waals surface area (Å²) in [4.78, 5) is 2.42. The van der Waals surface area contributed by atoms with E-state index in [4.69, 9.17) is 16.3 Å². The first kappa shape index (κ1) is 14.8. The van der Waals surface area contributed by atoms with Crippen molar-refractivity contribution < 1.29 is 4.74 Å². The van der Waals surface area contributed by atoms with Gasteiger partial charge in [0.2, 0.25) is 0 Å². The zero-order valence-electron chi connectivity index (χ0n) is 11.8. The second kappa shape index (κ2) is 7.24. The molecule has 6 heteroatoms. The summed E-state index contributed by atoms with van der Waals surface area (Å²) in [7, 11) is 1.95. The van der Waals surface area contributed by atoms with Crippen molar-refractivity contribution in [2.24, 2.45) is 7.05 Å². The van der Waals surface area contributed by atoms with Crippen LogP contribution in [0.25, 0.3) is 0 Å². The predicted octanol–water partition coefficient (Wildman–Crippen LogP) is 1.06. The Morgan fingerprint density at radius 1 is 1.37 bits per heavy atom. The number of hydrogen-bond donors (Lipinski definition) is 1. The minimum Gasteiger partial charge on any atom is -0.379 e. The molecule has 0 atom stereocenters. The van der Waals surface area contributed by atoms with Crippen molar-refractivity contribution in [3.8, 4) is 0 Å². The van der Waals surface area contributed by atoms with Crippen molar-refractivity contribution in [3.05, 3.63) is 16.4 Å². The summed E-state index contributed by atoms with van der Waals surface area (Å²) < 4.78 is 7.21. The summed E-state index contributed by atoms with van der Waals surface area (Å²) in [6, 6.07) is 0. The molecule has 108 valence electrons. The van der Waals surface area contributed by atoms with E-state index in [1.165, 1.54) is 0 Å². The normalized spacial score (nSPS) is 17.0. The molecule has 5 nitrogen and oxygen atoms in total. The fourth-order valence-electron chi connectivity index (χ4n) is 2.28. The molecular weight excluding hydrogens is 264 g/mol. The molecule has 0 aliphatic carbocycles. The summed E-state index contributed by atoms with van der Waals surface area (Å²) in [5.41, 5.74) is 2.05. The second-order valence-electron chi connectivity index (χ2n) is 4.82. The summed E-state index contributed by atoms with van der Waals surface area (Å²) in [6.07, 6.45) is 0.875. The summed E-state index contributed by atoms with van der Waals surface area (Å²) in [5, 5.41) is 8.66. The third kappa shape index (κ3) is 3.92. The molecule has 0 unspecified atom stereocenters. The number of ether oxygens (including phenoxy) is 1. The van der Waals surface area contributed by atoms with E-state index in [9.17, 15) is 0 Å². The Labute approximate surface area is 119 Å². The van der Waals surface area contributed by atoms with Crippen LogP contribution >= 0.6 is 11.6 Å². The van der Waals surface area contributed by atoms with Crippen molar-refractivity contribution >= 4 is 11.6 Å². The molecule has 19 heavy (non-hydrogen) atoms. The lowest BCUT2D eigenvalue weighted by atomic mass is 10.3. The van der Waals surface area contributed by atoms with E-state index < -0.39 is 0 Å². The number of rotatable bonds is 6. The first-order valence-corrected chi connectivity index (χ1v) is 7.31. The molecule has 0 spiro atoms. The molecule has 1 aliphatic rings. The van der Waals surface area contributed by atoms with Crippen LogP contribution in [0.15, 0.2) is 0 Å². The van der Waals surface area contributed by atoms with Gasteiger partial charge in [-0.15, -0.1) is 0 Å². The van der Waals surface area contributed by atoms with Gasteiger partial charge in [-0.05, 0) is 6.42 Å². The van der Waals surface area contributed by atoms with Gasteiger partial charge >= 0.3 is 0 Å². The van der Waals surface area contributed by atoms with E-state index in [2.05, 4.69) is 22.2 Å². The molecule has 0 bridgehead atoms. The van der Waals surface area contributed by atoms with Crippen LogP contribution in [0.3, 0.4) is 0 Å². The van der Waals surface area contributed by atoms with E-state index in [0.717, 1.165) is 68.8 Å². The molecule has 2 rings (SSSR count). The van der Waals surface area contributed by atoms with Crippen LogP contribution < -0.4 is 5.32 Å². The topological polar surface area (TPSA) is 42.3 Å². The standard InChI is InChI=1S/C13H23ClN4O/c1-3-11-13(14)12(17(2)16-11)10-15-4-5-18-6-8-19-9-7-18/h15H,3-10H2,1-2H3. The van der Waals surface area contributed by atoms with Crippen molar-refractivity contribution in [2.75, 3.05) is 39.4 Å². The first-order chi connectivity index (χ1) is 9.22. The van der Waals surface area contributed by atoms with Gasteiger partial charge in [0.05, 0.1) is 29.6 Å². The molecule has 1 fully saturated rings. The average Bonchev–Trinajstić information content (AvgIpc) is 2.71. The number of halogens is 1. The molecule has 0 radical (unpaired) electrons. The van der Waals surface area contributed by atoms with E-state index in [0.29, 0.717) is 0 Å². The van der Waals surface area contributed by atoms with Crippen molar-refractivity contribution in [1.29, 1.82) is 0 Å². The van der Waals surface area contributed by atoms with Crippen LogP contribution in [-0.2, 0) is 24.8 Å². The van der Waals surface area contributed by atoms with Gasteiger partial charge in [-0.3, -0.25) is 9.58 Å². The highest BCUT2D eigenvalue weighted by Gasteiger charge is 2.13. The van der Waals surface area contributed by atoms with E-state index >= 15 is 0 Å². The van der Waals surface area contributed by atoms with Crippen LogP contribution in [0.1, 0.15) is 18.3 Å². The fraction of sp³-hybridized carbons (Fsp3) is 0.769. The predicted molar refractivity (Wildman–Crippen MR) is 76.6 cm³/mol. The molecule has 0 amide bonds. The summed E-state index contributed by atoms with van der Waals surface area (Å²) >= 11 is 6.31. The molecule has 0 saturated carbocycles. The number of hydrogen-bond acceptors (Lipinski definition) is 4. The van der Waals surface area contributed by atoms with Gasteiger partial charge in [0.25, 0.3) is 0 Å². The zero-order valence-corrected chi connectivity index (χ0v) is 12.5. The van der Waals surface area contributed by atoms with Crippen LogP contribution in [0, 0.1) is 0 Å². The largest absolute Gasteiger partial charge is 0.379 e. The van der Waals surface area contributed by atoms with Crippen molar-refractivity contribution in [1.82, 2.24) is 20.0 Å². The number of nitrogens with zero attached hydrogens (tertiary/aromatic N) is 3. The van der Waals surface area contributed by atoms with Gasteiger partial charge in [0.1, 0.15) is 0 Å². The molecule has 1 aromatic heterocycles. The van der Waals surface area contributed by atoms with E-state index in [1.54, 1.807) is 0 Å². The van der Waals surface area contributed by atoms with Crippen LogP contribution in [0.5, 0.6) is 0 Å². The number of aryl methyl sites for hydroxylation is 2. The van der Waals surface area contributed by atoms with Crippen LogP contribution in [0.4, 0.5) is 0 Å². The average molecular weight is 287 g/mol. The minimum absolute atomic E-state index is 0.771. The minimum atomic E-state index is 0.771. The lowest BCUT2D eigenvalue weighted by Gasteiger charge is -2.26. The van der Waals surface area contributed by atoms with Gasteiger partial charge in [-0.2, -0.15) is 5.10 Å². The number of aromatic nitrogens is 2. The Kier molecular flexibility index (Phi) is 5.63. The molecule has 1 N–H and O–H groups in total. The highest BCUT2D eigenvalue weighted by atomic mass is 35.5. The van der Waals surface area contributed by atoms with E-state index in [-0.39, 0.29) is 0 Å². The molecule has 1 aromatic rings. The van der Waals surface area contributed by atoms with Gasteiger partial charge in [-0.25, -0.2) is 0 Å². The maximum atomic E-state index is 6.31. The van der Waals surface area contributed by atoms with Gasteiger partial charge in [0.15, 0.2) is 0 Å². The lowest BCUT2D eigenvalue weighted by Crippen LogP contribution is -2.40. The molecule has 1 aliphatic heterocycles. The Morgan fingerprint density at radius 3 is 2.74 bits per heavy atom. The van der Waals surface area contributed by atoms with Crippen molar-refractivity contribution in [2.45, 2.75) is 19.9 Å². The van der Waals surface area contributed by atoms with Gasteiger partial charge in [0, 0.05) is 39.8 Å². The molecule has 2 heterocycles. The smallest absolute Gasteiger partial charge is 0.0863 e. The Morgan fingerprint density at radius 2 is 2.11 bits per heavy atom. The Bertz CT molecular complexity index is 402. The molecule has 0 aromatic carbocycles. The quantitative estimate of drug-likeness (QED) is 0.794. The highest BCUT2D eigenvalue weighted by Crippen LogP contribution is 2.20. The van der Waals surface area contributed by atoms with Crippen LogP contribution in [0.2, 0.25) is 5.02 Å². The second-order valence-corrected chi connectivity index (χ2v) is 5.19. The maximum Gasteiger partial charge on any atom is 0.0863 e. The third-order valence-electron chi connectivity index (χ3n) is 3.50. The number of morpholine rings is 1. The zero-order chi connectivity index (χ0) is 13.7. The van der Waals surface area contributed by atoms with Crippen molar-refractivity contribution in [3.63, 3.8) is 0 Å². The lowest BCUT2D eigenvalue weighted by molar-refractivity contribution is 0.0384. The molecule has 1 saturated heterocycles. The van der Waals surface area contributed by atoms with E-state index in [1.807, 2.05) is 11.7 Å². The maximum absolute atomic E-state index is 6.31. The number of nitrogens with one attached hydrogen (secondary N) is 1. The highest BCUT2D eigenvalue weighted by molar-refractivity contribution is 6.31. The van der Waals surface area contributed by atoms with Crippen LogP contribution in [-0.4, -0.2) is 54.1 Å². The monoisotopic (exact) mass is 286 g/mol. The summed E-state index contributed by atoms with van der Waals surface area (Å²) in [6.45, 7) is 8.64. The third-order valence-corrected chi connectivity index (χ3v) is 3.94. The van der Waals surface area contributed by atoms with Gasteiger partial charge < -0.3 is 10.1 Å². The summed E-state index contributed by atoms with van der Waals surface area (Å²) in [5.74, 6) is 0. The SMILES string of the molecule is CCc1nn(C)c(CNCCN2CCOCC2)c1Cl. The molecular formula is C13H23ClN4O. The first-order valence-electron chi connectivity index (χ1n) is 6.93. The Balaban J connectivity index is 1.74. The Hall–Kier alpha value is -0.620.